The number of nitrogens with zero attached hydrogens (tertiary/aromatic N) is 1. The highest BCUT2D eigenvalue weighted by Crippen LogP contribution is 2.25. The summed E-state index contributed by atoms with van der Waals surface area (Å²) < 4.78 is 5.81. The molecule has 0 saturated carbocycles. The van der Waals surface area contributed by atoms with Crippen molar-refractivity contribution in [1.82, 2.24) is 15.5 Å². The third kappa shape index (κ3) is 7.32. The number of likely N-dealkylation sites (tertiary alicyclic amines) is 1. The zero-order valence-corrected chi connectivity index (χ0v) is 18.1. The van der Waals surface area contributed by atoms with Gasteiger partial charge >= 0.3 is 0 Å². The Hall–Kier alpha value is -1.79. The lowest BCUT2D eigenvalue weighted by atomic mass is 10.1. The van der Waals surface area contributed by atoms with Crippen molar-refractivity contribution in [2.75, 3.05) is 39.3 Å². The number of ether oxygens (including phenoxy) is 1. The molecule has 2 rings (SSSR count). The number of amides is 2. The summed E-state index contributed by atoms with van der Waals surface area (Å²) in [4.78, 5) is 26.5. The summed E-state index contributed by atoms with van der Waals surface area (Å²) in [5, 5.41) is 6.18. The summed E-state index contributed by atoms with van der Waals surface area (Å²) in [6.07, 6.45) is 4.41. The molecular formula is C21H34ClN3O3. The van der Waals surface area contributed by atoms with Crippen LogP contribution in [0.1, 0.15) is 54.1 Å². The van der Waals surface area contributed by atoms with Crippen LogP contribution < -0.4 is 15.4 Å². The standard InChI is InChI=1S/C21H33N3O3.ClH/c1-4-8-22-9-10-23-21(26)18-13-16(2)20(17(3)14-18)27-15-19(25)24-11-6-5-7-12-24;/h13-14,22H,4-12,15H2,1-3H3,(H,23,26);1H. The number of rotatable bonds is 9. The summed E-state index contributed by atoms with van der Waals surface area (Å²) in [7, 11) is 0. The van der Waals surface area contributed by atoms with Gasteiger partial charge in [-0.1, -0.05) is 6.92 Å². The number of benzene rings is 1. The van der Waals surface area contributed by atoms with Crippen molar-refractivity contribution in [2.45, 2.75) is 46.5 Å². The number of carbonyl (C=O) groups is 2. The lowest BCUT2D eigenvalue weighted by Gasteiger charge is -2.26. The van der Waals surface area contributed by atoms with Crippen molar-refractivity contribution in [3.8, 4) is 5.75 Å². The second-order valence-corrected chi connectivity index (χ2v) is 7.18. The summed E-state index contributed by atoms with van der Waals surface area (Å²) in [6, 6.07) is 3.64. The van der Waals surface area contributed by atoms with Gasteiger partial charge in [0.1, 0.15) is 5.75 Å². The molecule has 0 atom stereocenters. The van der Waals surface area contributed by atoms with Crippen LogP contribution in [0.15, 0.2) is 12.1 Å². The molecule has 0 aromatic heterocycles. The normalized spacial score (nSPS) is 13.6. The maximum atomic E-state index is 12.3. The minimum Gasteiger partial charge on any atom is -0.483 e. The maximum Gasteiger partial charge on any atom is 0.260 e. The zero-order chi connectivity index (χ0) is 19.6. The molecule has 0 bridgehead atoms. The lowest BCUT2D eigenvalue weighted by molar-refractivity contribution is -0.134. The third-order valence-corrected chi connectivity index (χ3v) is 4.79. The molecule has 6 nitrogen and oxygen atoms in total. The molecule has 0 spiro atoms. The Morgan fingerprint density at radius 1 is 1.04 bits per heavy atom. The van der Waals surface area contributed by atoms with Crippen molar-refractivity contribution in [1.29, 1.82) is 0 Å². The van der Waals surface area contributed by atoms with Crippen LogP contribution in [0.2, 0.25) is 0 Å². The van der Waals surface area contributed by atoms with Gasteiger partial charge in [0.2, 0.25) is 0 Å². The van der Waals surface area contributed by atoms with Gasteiger partial charge in [-0.05, 0) is 69.3 Å². The lowest BCUT2D eigenvalue weighted by Crippen LogP contribution is -2.38. The highest BCUT2D eigenvalue weighted by atomic mass is 35.5. The van der Waals surface area contributed by atoms with Crippen molar-refractivity contribution in [3.63, 3.8) is 0 Å². The average molecular weight is 412 g/mol. The van der Waals surface area contributed by atoms with Gasteiger partial charge in [0.15, 0.2) is 6.61 Å². The fourth-order valence-corrected chi connectivity index (χ4v) is 3.35. The number of carbonyl (C=O) groups excluding carboxylic acids is 2. The predicted molar refractivity (Wildman–Crippen MR) is 115 cm³/mol. The predicted octanol–water partition coefficient (Wildman–Crippen LogP) is 2.85. The largest absolute Gasteiger partial charge is 0.483 e. The molecule has 158 valence electrons. The van der Waals surface area contributed by atoms with Gasteiger partial charge in [-0.2, -0.15) is 0 Å². The van der Waals surface area contributed by atoms with E-state index >= 15 is 0 Å². The van der Waals surface area contributed by atoms with Gasteiger partial charge in [-0.3, -0.25) is 9.59 Å². The molecule has 1 saturated heterocycles. The summed E-state index contributed by atoms with van der Waals surface area (Å²) in [6.45, 7) is 9.95. The Kier molecular flexibility index (Phi) is 10.9. The monoisotopic (exact) mass is 411 g/mol. The van der Waals surface area contributed by atoms with E-state index in [9.17, 15) is 9.59 Å². The van der Waals surface area contributed by atoms with E-state index in [0.29, 0.717) is 17.9 Å². The van der Waals surface area contributed by atoms with Crippen LogP contribution in [0, 0.1) is 13.8 Å². The van der Waals surface area contributed by atoms with E-state index in [-0.39, 0.29) is 30.8 Å². The molecule has 0 unspecified atom stereocenters. The van der Waals surface area contributed by atoms with Gasteiger partial charge in [0.25, 0.3) is 11.8 Å². The topological polar surface area (TPSA) is 70.7 Å². The summed E-state index contributed by atoms with van der Waals surface area (Å²) in [5.41, 5.74) is 2.36. The van der Waals surface area contributed by atoms with Crippen LogP contribution in [0.3, 0.4) is 0 Å². The molecular weight excluding hydrogens is 378 g/mol. The van der Waals surface area contributed by atoms with Crippen LogP contribution in [0.4, 0.5) is 0 Å². The van der Waals surface area contributed by atoms with Crippen molar-refractivity contribution in [2.24, 2.45) is 0 Å². The zero-order valence-electron chi connectivity index (χ0n) is 17.3. The van der Waals surface area contributed by atoms with Crippen LogP contribution in [0.25, 0.3) is 0 Å². The quantitative estimate of drug-likeness (QED) is 0.613. The molecule has 1 aromatic carbocycles. The van der Waals surface area contributed by atoms with Crippen LogP contribution in [0.5, 0.6) is 5.75 Å². The minimum atomic E-state index is -0.0876. The minimum absolute atomic E-state index is 0. The van der Waals surface area contributed by atoms with Crippen molar-refractivity contribution < 1.29 is 14.3 Å². The smallest absolute Gasteiger partial charge is 0.260 e. The molecule has 2 amide bonds. The number of hydrogen-bond donors (Lipinski definition) is 2. The Morgan fingerprint density at radius 3 is 2.29 bits per heavy atom. The Labute approximate surface area is 174 Å². The number of halogens is 1. The number of aryl methyl sites for hydroxylation is 2. The molecule has 0 aliphatic carbocycles. The number of piperidine rings is 1. The first-order valence-electron chi connectivity index (χ1n) is 10.0. The molecule has 1 fully saturated rings. The van der Waals surface area contributed by atoms with Gasteiger partial charge in [0.05, 0.1) is 0 Å². The number of nitrogens with one attached hydrogen (secondary N) is 2. The molecule has 1 heterocycles. The maximum absolute atomic E-state index is 12.3. The SMILES string of the molecule is CCCNCCNC(=O)c1cc(C)c(OCC(=O)N2CCCCC2)c(C)c1.Cl. The summed E-state index contributed by atoms with van der Waals surface area (Å²) >= 11 is 0. The van der Waals surface area contributed by atoms with E-state index < -0.39 is 0 Å². The molecule has 1 aromatic rings. The first-order valence-corrected chi connectivity index (χ1v) is 10.0. The van der Waals surface area contributed by atoms with E-state index in [1.807, 2.05) is 30.9 Å². The van der Waals surface area contributed by atoms with E-state index in [1.54, 1.807) is 0 Å². The molecule has 28 heavy (non-hydrogen) atoms. The molecule has 1 aliphatic rings. The van der Waals surface area contributed by atoms with E-state index in [2.05, 4.69) is 17.6 Å². The van der Waals surface area contributed by atoms with Gasteiger partial charge in [0, 0.05) is 31.7 Å². The second kappa shape index (κ2) is 12.6. The first kappa shape index (κ1) is 24.2. The molecule has 7 heteroatoms. The fourth-order valence-electron chi connectivity index (χ4n) is 3.35. The fraction of sp³-hybridized carbons (Fsp3) is 0.619. The first-order chi connectivity index (χ1) is 13.0. The highest BCUT2D eigenvalue weighted by Gasteiger charge is 2.18. The Balaban J connectivity index is 0.00000392. The molecule has 0 radical (unpaired) electrons. The van der Waals surface area contributed by atoms with Crippen LogP contribution in [-0.4, -0.2) is 56.0 Å². The third-order valence-electron chi connectivity index (χ3n) is 4.79. The van der Waals surface area contributed by atoms with Crippen LogP contribution >= 0.6 is 12.4 Å². The Bertz CT molecular complexity index is 623. The van der Waals surface area contributed by atoms with E-state index in [4.69, 9.17) is 4.74 Å². The van der Waals surface area contributed by atoms with Gasteiger partial charge in [-0.15, -0.1) is 12.4 Å². The van der Waals surface area contributed by atoms with E-state index in [1.165, 1.54) is 6.42 Å². The van der Waals surface area contributed by atoms with Gasteiger partial charge < -0.3 is 20.3 Å². The van der Waals surface area contributed by atoms with Gasteiger partial charge in [-0.25, -0.2) is 0 Å². The molecule has 1 aliphatic heterocycles. The Morgan fingerprint density at radius 2 is 1.68 bits per heavy atom. The van der Waals surface area contributed by atoms with Crippen molar-refractivity contribution in [3.05, 3.63) is 28.8 Å². The number of hydrogen-bond acceptors (Lipinski definition) is 4. The summed E-state index contributed by atoms with van der Waals surface area (Å²) in [5.74, 6) is 0.645. The van der Waals surface area contributed by atoms with Crippen LogP contribution in [-0.2, 0) is 4.79 Å². The van der Waals surface area contributed by atoms with E-state index in [0.717, 1.165) is 56.6 Å². The highest BCUT2D eigenvalue weighted by molar-refractivity contribution is 5.95. The average Bonchev–Trinajstić information content (AvgIpc) is 2.67. The van der Waals surface area contributed by atoms with Crippen molar-refractivity contribution >= 4 is 24.2 Å². The molecule has 2 N–H and O–H groups in total. The second-order valence-electron chi connectivity index (χ2n) is 7.18.